The normalized spacial score (nSPS) is 11.6. The van der Waals surface area contributed by atoms with Crippen molar-refractivity contribution < 1.29 is 17.6 Å². The van der Waals surface area contributed by atoms with Crippen LogP contribution in [0.25, 0.3) is 5.69 Å². The van der Waals surface area contributed by atoms with E-state index in [2.05, 4.69) is 21.2 Å². The number of anilines is 1. The van der Waals surface area contributed by atoms with E-state index in [9.17, 15) is 17.6 Å². The lowest BCUT2D eigenvalue weighted by Crippen LogP contribution is -2.39. The molecular weight excluding hydrogens is 503 g/mol. The number of halogens is 1. The van der Waals surface area contributed by atoms with Crippen molar-refractivity contribution in [1.29, 1.82) is 0 Å². The van der Waals surface area contributed by atoms with Gasteiger partial charge in [0.2, 0.25) is 0 Å². The SMILES string of the molecule is Cc1ccc(N(CC(=O)N/N=C/c2cc(C)n(-c3cccc(C)c3)c2C)S(=O)(=O)c2ccc(F)cc2)cc1. The summed E-state index contributed by atoms with van der Waals surface area (Å²) in [5.74, 6) is -1.18. The predicted molar refractivity (Wildman–Crippen MR) is 148 cm³/mol. The fraction of sp³-hybridized carbons (Fsp3) is 0.172. The highest BCUT2D eigenvalue weighted by Gasteiger charge is 2.27. The molecule has 4 aromatic rings. The van der Waals surface area contributed by atoms with Crippen LogP contribution in [0, 0.1) is 33.5 Å². The first-order valence-corrected chi connectivity index (χ1v) is 13.4. The number of aromatic nitrogens is 1. The number of carbonyl (C=O) groups is 1. The van der Waals surface area contributed by atoms with Crippen molar-refractivity contribution >= 4 is 27.8 Å². The van der Waals surface area contributed by atoms with Crippen LogP contribution in [-0.2, 0) is 14.8 Å². The van der Waals surface area contributed by atoms with Crippen molar-refractivity contribution in [3.63, 3.8) is 0 Å². The third-order valence-electron chi connectivity index (χ3n) is 6.13. The molecule has 9 heteroatoms. The van der Waals surface area contributed by atoms with Gasteiger partial charge in [0.15, 0.2) is 0 Å². The maximum atomic E-state index is 13.4. The molecular formula is C29H29FN4O3S. The van der Waals surface area contributed by atoms with E-state index >= 15 is 0 Å². The summed E-state index contributed by atoms with van der Waals surface area (Å²) >= 11 is 0. The minimum Gasteiger partial charge on any atom is -0.318 e. The zero-order valence-corrected chi connectivity index (χ0v) is 22.5. The molecule has 0 aliphatic heterocycles. The molecule has 0 aliphatic rings. The Morgan fingerprint density at radius 2 is 1.63 bits per heavy atom. The molecule has 38 heavy (non-hydrogen) atoms. The molecule has 0 atom stereocenters. The minimum absolute atomic E-state index is 0.126. The summed E-state index contributed by atoms with van der Waals surface area (Å²) in [7, 11) is -4.15. The lowest BCUT2D eigenvalue weighted by atomic mass is 10.2. The van der Waals surface area contributed by atoms with E-state index < -0.39 is 28.3 Å². The quantitative estimate of drug-likeness (QED) is 0.250. The molecule has 1 N–H and O–H groups in total. The van der Waals surface area contributed by atoms with E-state index in [-0.39, 0.29) is 4.90 Å². The van der Waals surface area contributed by atoms with Crippen LogP contribution in [0.2, 0.25) is 0 Å². The summed E-state index contributed by atoms with van der Waals surface area (Å²) in [6, 6.07) is 21.3. The van der Waals surface area contributed by atoms with Crippen LogP contribution < -0.4 is 9.73 Å². The Hall–Kier alpha value is -4.24. The first kappa shape index (κ1) is 26.8. The van der Waals surface area contributed by atoms with Gasteiger partial charge in [0, 0.05) is 22.6 Å². The molecule has 0 saturated carbocycles. The fourth-order valence-electron chi connectivity index (χ4n) is 4.18. The Morgan fingerprint density at radius 3 is 2.29 bits per heavy atom. The van der Waals surface area contributed by atoms with E-state index in [1.165, 1.54) is 18.3 Å². The van der Waals surface area contributed by atoms with Crippen LogP contribution in [0.3, 0.4) is 0 Å². The largest absolute Gasteiger partial charge is 0.318 e. The summed E-state index contributed by atoms with van der Waals surface area (Å²) in [6.45, 7) is 7.35. The molecule has 1 aromatic heterocycles. The highest BCUT2D eigenvalue weighted by Crippen LogP contribution is 2.24. The van der Waals surface area contributed by atoms with Crippen LogP contribution in [0.5, 0.6) is 0 Å². The van der Waals surface area contributed by atoms with Crippen molar-refractivity contribution in [3.8, 4) is 5.69 Å². The number of rotatable bonds is 8. The zero-order valence-electron chi connectivity index (χ0n) is 21.6. The van der Waals surface area contributed by atoms with Crippen molar-refractivity contribution in [3.05, 3.63) is 113 Å². The summed E-state index contributed by atoms with van der Waals surface area (Å²) < 4.78 is 43.3. The predicted octanol–water partition coefficient (Wildman–Crippen LogP) is 5.20. The number of hydrogen-bond acceptors (Lipinski definition) is 4. The van der Waals surface area contributed by atoms with Crippen LogP contribution in [-0.4, -0.2) is 31.7 Å². The second kappa shape index (κ2) is 11.0. The summed E-state index contributed by atoms with van der Waals surface area (Å²) in [4.78, 5) is 12.7. The van der Waals surface area contributed by atoms with Crippen LogP contribution >= 0.6 is 0 Å². The lowest BCUT2D eigenvalue weighted by molar-refractivity contribution is -0.119. The van der Waals surface area contributed by atoms with Gasteiger partial charge >= 0.3 is 0 Å². The Bertz CT molecular complexity index is 1590. The molecule has 0 saturated heterocycles. The smallest absolute Gasteiger partial charge is 0.264 e. The number of aryl methyl sites for hydroxylation is 3. The third-order valence-corrected chi connectivity index (χ3v) is 7.92. The first-order chi connectivity index (χ1) is 18.1. The first-order valence-electron chi connectivity index (χ1n) is 12.0. The molecule has 0 spiro atoms. The van der Waals surface area contributed by atoms with Gasteiger partial charge in [-0.25, -0.2) is 18.2 Å². The Morgan fingerprint density at radius 1 is 0.947 bits per heavy atom. The Balaban J connectivity index is 1.55. The van der Waals surface area contributed by atoms with E-state index in [4.69, 9.17) is 0 Å². The van der Waals surface area contributed by atoms with Gasteiger partial charge in [0.25, 0.3) is 15.9 Å². The van der Waals surface area contributed by atoms with Crippen molar-refractivity contribution in [1.82, 2.24) is 9.99 Å². The second-order valence-corrected chi connectivity index (χ2v) is 11.0. The van der Waals surface area contributed by atoms with Crippen molar-refractivity contribution in [2.24, 2.45) is 5.10 Å². The van der Waals surface area contributed by atoms with Gasteiger partial charge in [-0.2, -0.15) is 5.10 Å². The van der Waals surface area contributed by atoms with Gasteiger partial charge < -0.3 is 4.57 Å². The Kier molecular flexibility index (Phi) is 7.78. The van der Waals surface area contributed by atoms with Crippen molar-refractivity contribution in [2.45, 2.75) is 32.6 Å². The lowest BCUT2D eigenvalue weighted by Gasteiger charge is -2.23. The van der Waals surface area contributed by atoms with Gasteiger partial charge in [-0.1, -0.05) is 29.8 Å². The number of nitrogens with zero attached hydrogens (tertiary/aromatic N) is 3. The van der Waals surface area contributed by atoms with Crippen LogP contribution in [0.1, 0.15) is 28.1 Å². The highest BCUT2D eigenvalue weighted by molar-refractivity contribution is 7.92. The van der Waals surface area contributed by atoms with Gasteiger partial charge in [0.1, 0.15) is 12.4 Å². The molecule has 196 valence electrons. The van der Waals surface area contributed by atoms with Gasteiger partial charge in [-0.15, -0.1) is 0 Å². The molecule has 0 radical (unpaired) electrons. The maximum absolute atomic E-state index is 13.4. The molecule has 3 aromatic carbocycles. The average molecular weight is 533 g/mol. The maximum Gasteiger partial charge on any atom is 0.264 e. The second-order valence-electron chi connectivity index (χ2n) is 9.10. The number of carbonyl (C=O) groups excluding carboxylic acids is 1. The Labute approximate surface area is 222 Å². The molecule has 1 heterocycles. The molecule has 7 nitrogen and oxygen atoms in total. The molecule has 0 bridgehead atoms. The highest BCUT2D eigenvalue weighted by atomic mass is 32.2. The van der Waals surface area contributed by atoms with E-state index in [1.54, 1.807) is 24.3 Å². The monoisotopic (exact) mass is 532 g/mol. The van der Waals surface area contributed by atoms with E-state index in [0.717, 1.165) is 50.2 Å². The number of nitrogens with one attached hydrogen (secondary N) is 1. The van der Waals surface area contributed by atoms with Gasteiger partial charge in [0.05, 0.1) is 16.8 Å². The standard InChI is InChI=1S/C29H29FN4O3S/c1-20-8-12-26(13-9-20)33(38(36,37)28-14-10-25(30)11-15-28)19-29(35)32-31-18-24-17-22(3)34(23(24)4)27-7-5-6-21(2)16-27/h5-18H,19H2,1-4H3,(H,32,35)/b31-18+. The van der Waals surface area contributed by atoms with Crippen molar-refractivity contribution in [2.75, 3.05) is 10.8 Å². The summed E-state index contributed by atoms with van der Waals surface area (Å²) in [5, 5.41) is 4.09. The average Bonchev–Trinajstić information content (AvgIpc) is 3.16. The number of hydrazone groups is 1. The van der Waals surface area contributed by atoms with E-state index in [0.29, 0.717) is 5.69 Å². The number of benzene rings is 3. The minimum atomic E-state index is -4.15. The molecule has 4 rings (SSSR count). The van der Waals surface area contributed by atoms with Crippen LogP contribution in [0.4, 0.5) is 10.1 Å². The number of sulfonamides is 1. The fourth-order valence-corrected chi connectivity index (χ4v) is 5.60. The van der Waals surface area contributed by atoms with Gasteiger partial charge in [-0.3, -0.25) is 9.10 Å². The number of hydrogen-bond donors (Lipinski definition) is 1. The summed E-state index contributed by atoms with van der Waals surface area (Å²) in [6.07, 6.45) is 1.54. The topological polar surface area (TPSA) is 83.8 Å². The van der Waals surface area contributed by atoms with Crippen LogP contribution in [0.15, 0.2) is 88.9 Å². The van der Waals surface area contributed by atoms with E-state index in [1.807, 2.05) is 52.0 Å². The zero-order chi connectivity index (χ0) is 27.4. The molecule has 1 amide bonds. The number of amides is 1. The molecule has 0 unspecified atom stereocenters. The van der Waals surface area contributed by atoms with Gasteiger partial charge in [-0.05, 0) is 87.9 Å². The molecule has 0 fully saturated rings. The molecule has 0 aliphatic carbocycles. The summed E-state index contributed by atoms with van der Waals surface area (Å²) in [5.41, 5.74) is 8.63. The third kappa shape index (κ3) is 5.84.